The molecular formula is C24H21N5O14S4. The fourth-order valence-corrected chi connectivity index (χ4v) is 6.73. The van der Waals surface area contributed by atoms with Crippen molar-refractivity contribution in [2.24, 2.45) is 20.5 Å². The van der Waals surface area contributed by atoms with Crippen molar-refractivity contribution < 1.29 is 61.7 Å². The Hall–Kier alpha value is -4.62. The average molecular weight is 732 g/mol. The third kappa shape index (κ3) is 7.36. The number of rotatable bonds is 9. The van der Waals surface area contributed by atoms with Gasteiger partial charge in [-0.3, -0.25) is 18.2 Å². The minimum absolute atomic E-state index is 0.0261. The first-order valence-corrected chi connectivity index (χ1v) is 17.9. The van der Waals surface area contributed by atoms with Gasteiger partial charge in [-0.1, -0.05) is 0 Å². The Labute approximate surface area is 266 Å². The smallest absolute Gasteiger partial charge is 0.297 e. The van der Waals surface area contributed by atoms with Crippen molar-refractivity contribution >= 4 is 79.7 Å². The van der Waals surface area contributed by atoms with Crippen LogP contribution in [0.5, 0.6) is 11.5 Å². The van der Waals surface area contributed by atoms with Gasteiger partial charge in [0.25, 0.3) is 40.5 Å². The van der Waals surface area contributed by atoms with Crippen LogP contribution in [0.2, 0.25) is 0 Å². The molecule has 0 unspecified atom stereocenters. The molecule has 23 heteroatoms. The van der Waals surface area contributed by atoms with Crippen LogP contribution in [0, 0.1) is 6.92 Å². The van der Waals surface area contributed by atoms with E-state index in [0.717, 1.165) is 18.2 Å². The van der Waals surface area contributed by atoms with E-state index in [1.54, 1.807) is 0 Å². The predicted molar refractivity (Wildman–Crippen MR) is 162 cm³/mol. The van der Waals surface area contributed by atoms with E-state index in [9.17, 15) is 57.0 Å². The first-order chi connectivity index (χ1) is 21.5. The topological polar surface area (TPSA) is 322 Å². The van der Waals surface area contributed by atoms with Crippen molar-refractivity contribution in [3.8, 4) is 11.5 Å². The molecule has 0 aliphatic carbocycles. The number of aromatic hydroxyl groups is 1. The van der Waals surface area contributed by atoms with Crippen LogP contribution in [-0.4, -0.2) is 64.1 Å². The summed E-state index contributed by atoms with van der Waals surface area (Å²) in [6.45, 7) is 1.45. The quantitative estimate of drug-likeness (QED) is 0.0795. The summed E-state index contributed by atoms with van der Waals surface area (Å²) in [4.78, 5) is -3.62. The molecule has 250 valence electrons. The lowest BCUT2D eigenvalue weighted by atomic mass is 10.1. The molecule has 0 radical (unpaired) electrons. The monoisotopic (exact) mass is 731 g/mol. The molecule has 0 bridgehead atoms. The number of phenolic OH excluding ortho intramolecular Hbond substituents is 1. The molecule has 47 heavy (non-hydrogen) atoms. The molecule has 4 aromatic carbocycles. The molecule has 0 heterocycles. The summed E-state index contributed by atoms with van der Waals surface area (Å²) in [5.74, 6) is -1.09. The molecule has 7 N–H and O–H groups in total. The zero-order valence-corrected chi connectivity index (χ0v) is 26.8. The van der Waals surface area contributed by atoms with Gasteiger partial charge in [0.15, 0.2) is 5.75 Å². The highest BCUT2D eigenvalue weighted by Gasteiger charge is 2.27. The second-order valence-electron chi connectivity index (χ2n) is 9.39. The molecule has 4 aromatic rings. The van der Waals surface area contributed by atoms with Crippen LogP contribution >= 0.6 is 0 Å². The highest BCUT2D eigenvalue weighted by molar-refractivity contribution is 7.87. The van der Waals surface area contributed by atoms with Crippen molar-refractivity contribution in [3.05, 3.63) is 54.1 Å². The molecule has 0 spiro atoms. The van der Waals surface area contributed by atoms with Crippen molar-refractivity contribution in [2.45, 2.75) is 26.5 Å². The molecule has 4 rings (SSSR count). The summed E-state index contributed by atoms with van der Waals surface area (Å²) in [6, 6.07) is 7.23. The lowest BCUT2D eigenvalue weighted by Gasteiger charge is -2.13. The molecule has 0 amide bonds. The largest absolute Gasteiger partial charge is 0.505 e. The maximum absolute atomic E-state index is 12.2. The summed E-state index contributed by atoms with van der Waals surface area (Å²) >= 11 is 0. The fraction of sp³-hybridized carbons (Fsp3) is 0.0833. The maximum Gasteiger partial charge on any atom is 0.297 e. The van der Waals surface area contributed by atoms with Gasteiger partial charge in [-0.05, 0) is 55.0 Å². The first kappa shape index (κ1) is 35.2. The Bertz CT molecular complexity index is 2480. The van der Waals surface area contributed by atoms with Crippen molar-refractivity contribution in [2.75, 3.05) is 12.8 Å². The predicted octanol–water partition coefficient (Wildman–Crippen LogP) is 4.26. The van der Waals surface area contributed by atoms with E-state index in [1.807, 2.05) is 0 Å². The molecule has 0 aliphatic rings. The minimum atomic E-state index is -5.22. The number of nitrogens with zero attached hydrogens (tertiary/aromatic N) is 4. The van der Waals surface area contributed by atoms with Gasteiger partial charge in [-0.15, -0.1) is 15.3 Å². The number of hydrogen-bond acceptors (Lipinski definition) is 15. The molecule has 0 atom stereocenters. The van der Waals surface area contributed by atoms with Gasteiger partial charge >= 0.3 is 0 Å². The number of methoxy groups -OCH3 is 1. The van der Waals surface area contributed by atoms with E-state index in [4.69, 9.17) is 10.5 Å². The number of nitrogen functional groups attached to an aromatic ring is 1. The second-order valence-corrected chi connectivity index (χ2v) is 15.0. The third-order valence-electron chi connectivity index (χ3n) is 6.28. The Morgan fingerprint density at radius 3 is 1.79 bits per heavy atom. The highest BCUT2D eigenvalue weighted by Crippen LogP contribution is 2.45. The van der Waals surface area contributed by atoms with Gasteiger partial charge in [0.1, 0.15) is 37.5 Å². The van der Waals surface area contributed by atoms with E-state index >= 15 is 0 Å². The normalized spacial score (nSPS) is 13.1. The zero-order valence-electron chi connectivity index (χ0n) is 23.5. The van der Waals surface area contributed by atoms with E-state index in [2.05, 4.69) is 20.5 Å². The Morgan fingerprint density at radius 2 is 1.23 bits per heavy atom. The number of anilines is 1. The van der Waals surface area contributed by atoms with Gasteiger partial charge in [0.05, 0.1) is 23.4 Å². The fourth-order valence-electron chi connectivity index (χ4n) is 4.17. The van der Waals surface area contributed by atoms with Crippen LogP contribution < -0.4 is 10.5 Å². The van der Waals surface area contributed by atoms with E-state index in [1.165, 1.54) is 26.2 Å². The number of benzene rings is 4. The van der Waals surface area contributed by atoms with Crippen molar-refractivity contribution in [3.63, 3.8) is 0 Å². The van der Waals surface area contributed by atoms with Crippen molar-refractivity contribution in [1.82, 2.24) is 0 Å². The van der Waals surface area contributed by atoms with Crippen LogP contribution in [0.15, 0.2) is 88.6 Å². The summed E-state index contributed by atoms with van der Waals surface area (Å²) in [6.07, 6.45) is 0. The average Bonchev–Trinajstić information content (AvgIpc) is 2.93. The highest BCUT2D eigenvalue weighted by atomic mass is 32.2. The standard InChI is InChI=1S/C24H21N5O14S4/c1-11-7-17(19(43-2)10-16(11)26-28-18-8-12(44(31,32)33)3-6-20(18)45(34,35)36)27-29-22-21(46(37,38)39)9-14-13(23(22)30)4-5-15(25)24(14)47(40,41)42/h3-10,30H,25H2,1-2H3,(H,31,32,33)(H,34,35,36)(H,37,38,39)(H,40,41,42)/b28-26+,29-27+. The number of nitrogens with two attached hydrogens (primary N) is 1. The number of azo groups is 2. The Balaban J connectivity index is 1.86. The summed E-state index contributed by atoms with van der Waals surface area (Å²) in [7, 11) is -18.8. The van der Waals surface area contributed by atoms with Crippen LogP contribution in [0.1, 0.15) is 5.56 Å². The molecule has 0 saturated carbocycles. The third-order valence-corrected chi connectivity index (χ3v) is 9.87. The van der Waals surface area contributed by atoms with Crippen molar-refractivity contribution in [1.29, 1.82) is 0 Å². The van der Waals surface area contributed by atoms with E-state index in [0.29, 0.717) is 18.2 Å². The second kappa shape index (κ2) is 12.2. The number of fused-ring (bicyclic) bond motifs is 1. The van der Waals surface area contributed by atoms with Crippen LogP contribution in [0.3, 0.4) is 0 Å². The molecular weight excluding hydrogens is 711 g/mol. The zero-order chi connectivity index (χ0) is 35.3. The SMILES string of the molecule is COc1cc(/N=N/c2cc(S(=O)(=O)O)ccc2S(=O)(=O)O)c(C)cc1/N=N/c1c(S(=O)(=O)O)cc2c(S(=O)(=O)O)c(N)ccc2c1O. The lowest BCUT2D eigenvalue weighted by Crippen LogP contribution is -2.06. The molecule has 0 saturated heterocycles. The maximum atomic E-state index is 12.2. The van der Waals surface area contributed by atoms with Gasteiger partial charge in [-0.2, -0.15) is 38.8 Å². The molecule has 0 fully saturated rings. The van der Waals surface area contributed by atoms with Crippen LogP contribution in [0.25, 0.3) is 10.8 Å². The van der Waals surface area contributed by atoms with E-state index < -0.39 is 88.3 Å². The summed E-state index contributed by atoms with van der Waals surface area (Å²) in [5.41, 5.74) is 3.72. The molecule has 19 nitrogen and oxygen atoms in total. The lowest BCUT2D eigenvalue weighted by molar-refractivity contribution is 0.416. The van der Waals surface area contributed by atoms with Gasteiger partial charge in [0, 0.05) is 16.8 Å². The van der Waals surface area contributed by atoms with Crippen LogP contribution in [-0.2, 0) is 40.5 Å². The van der Waals surface area contributed by atoms with E-state index in [-0.39, 0.29) is 28.1 Å². The first-order valence-electron chi connectivity index (χ1n) is 12.2. The minimum Gasteiger partial charge on any atom is -0.505 e. The van der Waals surface area contributed by atoms with Gasteiger partial charge < -0.3 is 15.6 Å². The molecule has 0 aliphatic heterocycles. The number of phenols is 1. The van der Waals surface area contributed by atoms with Crippen LogP contribution in [0.4, 0.5) is 28.4 Å². The Kier molecular flexibility index (Phi) is 9.14. The number of aryl methyl sites for hydroxylation is 1. The van der Waals surface area contributed by atoms with Gasteiger partial charge in [-0.25, -0.2) is 0 Å². The Morgan fingerprint density at radius 1 is 0.638 bits per heavy atom. The van der Waals surface area contributed by atoms with Gasteiger partial charge in [0.2, 0.25) is 0 Å². The number of ether oxygens (including phenoxy) is 1. The number of hydrogen-bond donors (Lipinski definition) is 6. The summed E-state index contributed by atoms with van der Waals surface area (Å²) < 4.78 is 138. The summed E-state index contributed by atoms with van der Waals surface area (Å²) in [5, 5.41) is 25.2. The molecule has 0 aromatic heterocycles.